The van der Waals surface area contributed by atoms with Crippen molar-refractivity contribution < 1.29 is 14.4 Å². The van der Waals surface area contributed by atoms with Gasteiger partial charge < -0.3 is 15.6 Å². The van der Waals surface area contributed by atoms with Crippen LogP contribution in [0.15, 0.2) is 46.9 Å². The first-order valence-corrected chi connectivity index (χ1v) is 11.2. The molecule has 2 heterocycles. The molecule has 30 heavy (non-hydrogen) atoms. The van der Waals surface area contributed by atoms with Crippen molar-refractivity contribution in [2.45, 2.75) is 31.5 Å². The fourth-order valence-corrected chi connectivity index (χ4v) is 4.19. The topological polar surface area (TPSA) is 120 Å². The lowest BCUT2D eigenvalue weighted by atomic mass is 10.1. The highest BCUT2D eigenvalue weighted by atomic mass is 32.2. The van der Waals surface area contributed by atoms with Crippen LogP contribution in [0.2, 0.25) is 0 Å². The third-order valence-corrected chi connectivity index (χ3v) is 6.02. The second-order valence-electron chi connectivity index (χ2n) is 6.34. The summed E-state index contributed by atoms with van der Waals surface area (Å²) < 4.78 is 1.82. The normalized spacial score (nSPS) is 10.7. The third kappa shape index (κ3) is 5.55. The Morgan fingerprint density at radius 1 is 1.17 bits per heavy atom. The van der Waals surface area contributed by atoms with E-state index in [1.54, 1.807) is 31.2 Å². The molecule has 3 aromatic rings. The molecule has 0 unspecified atom stereocenters. The Morgan fingerprint density at radius 3 is 2.57 bits per heavy atom. The van der Waals surface area contributed by atoms with Gasteiger partial charge in [-0.1, -0.05) is 24.8 Å². The Bertz CT molecular complexity index is 1030. The molecular weight excluding hydrogens is 422 g/mol. The van der Waals surface area contributed by atoms with Crippen LogP contribution in [0.25, 0.3) is 10.7 Å². The molecule has 10 heteroatoms. The molecule has 8 nitrogen and oxygen atoms in total. The number of benzene rings is 1. The number of anilines is 1. The van der Waals surface area contributed by atoms with Gasteiger partial charge in [-0.05, 0) is 35.7 Å². The van der Waals surface area contributed by atoms with E-state index in [1.165, 1.54) is 23.1 Å². The van der Waals surface area contributed by atoms with Crippen LogP contribution in [-0.2, 0) is 16.1 Å². The Morgan fingerprint density at radius 2 is 1.93 bits per heavy atom. The van der Waals surface area contributed by atoms with Gasteiger partial charge in [0.25, 0.3) is 0 Å². The minimum atomic E-state index is -0.414. The Hall–Kier alpha value is -2.98. The van der Waals surface area contributed by atoms with Crippen LogP contribution in [0, 0.1) is 0 Å². The number of carbonyl (C=O) groups excluding carboxylic acids is 3. The van der Waals surface area contributed by atoms with Gasteiger partial charge >= 0.3 is 0 Å². The molecule has 0 fully saturated rings. The molecule has 2 amide bonds. The van der Waals surface area contributed by atoms with Crippen LogP contribution < -0.4 is 11.1 Å². The Labute approximate surface area is 181 Å². The van der Waals surface area contributed by atoms with E-state index < -0.39 is 5.91 Å². The fraction of sp³-hybridized carbons (Fsp3) is 0.250. The zero-order chi connectivity index (χ0) is 21.5. The number of aromatic nitrogens is 3. The molecule has 0 aliphatic carbocycles. The van der Waals surface area contributed by atoms with Crippen LogP contribution in [0.3, 0.4) is 0 Å². The highest BCUT2D eigenvalue weighted by Crippen LogP contribution is 2.28. The van der Waals surface area contributed by atoms with Gasteiger partial charge in [-0.2, -0.15) is 0 Å². The average Bonchev–Trinajstić information content (AvgIpc) is 3.40. The zero-order valence-electron chi connectivity index (χ0n) is 16.3. The van der Waals surface area contributed by atoms with Crippen molar-refractivity contribution in [1.29, 1.82) is 0 Å². The van der Waals surface area contributed by atoms with E-state index in [-0.39, 0.29) is 23.9 Å². The molecule has 3 N–H and O–H groups in total. The number of Topliss-reactive ketones (excluding diaryl/α,β-unsaturated/α-hetero) is 1. The molecule has 1 aromatic carbocycles. The summed E-state index contributed by atoms with van der Waals surface area (Å²) in [6, 6.07) is 10.6. The molecule has 0 aliphatic rings. The van der Waals surface area contributed by atoms with Gasteiger partial charge in [0, 0.05) is 30.6 Å². The first kappa shape index (κ1) is 21.7. The maximum Gasteiger partial charge on any atom is 0.224 e. The third-order valence-electron chi connectivity index (χ3n) is 4.18. The summed E-state index contributed by atoms with van der Waals surface area (Å²) in [7, 11) is 0. The molecule has 0 aliphatic heterocycles. The Balaban J connectivity index is 1.69. The van der Waals surface area contributed by atoms with Crippen LogP contribution in [0.4, 0.5) is 5.69 Å². The number of hydrogen-bond donors (Lipinski definition) is 2. The maximum atomic E-state index is 12.6. The lowest BCUT2D eigenvalue weighted by Gasteiger charge is -2.08. The molecule has 2 aromatic heterocycles. The van der Waals surface area contributed by atoms with Gasteiger partial charge in [0.05, 0.1) is 10.6 Å². The number of thioether (sulfide) groups is 1. The predicted molar refractivity (Wildman–Crippen MR) is 118 cm³/mol. The van der Waals surface area contributed by atoms with E-state index in [0.29, 0.717) is 35.2 Å². The highest BCUT2D eigenvalue weighted by Gasteiger charge is 2.17. The largest absolute Gasteiger partial charge is 0.370 e. The van der Waals surface area contributed by atoms with Gasteiger partial charge in [-0.25, -0.2) is 0 Å². The van der Waals surface area contributed by atoms with Gasteiger partial charge in [-0.3, -0.25) is 14.4 Å². The van der Waals surface area contributed by atoms with Crippen molar-refractivity contribution in [3.05, 3.63) is 47.3 Å². The standard InChI is InChI=1S/C20H21N5O3S2/c1-2-18(28)22-14-7-5-13(6-8-14)15(26)12-30-20-24-23-19(16-4-3-11-29-16)25(20)10-9-17(21)27/h3-8,11H,2,9-10,12H2,1H3,(H2,21,27)(H,22,28). The van der Waals surface area contributed by atoms with Crippen molar-refractivity contribution in [3.8, 4) is 10.7 Å². The van der Waals surface area contributed by atoms with E-state index in [4.69, 9.17) is 5.73 Å². The highest BCUT2D eigenvalue weighted by molar-refractivity contribution is 7.99. The van der Waals surface area contributed by atoms with Gasteiger partial charge in [0.15, 0.2) is 16.8 Å². The van der Waals surface area contributed by atoms with Crippen molar-refractivity contribution >= 4 is 46.4 Å². The number of ketones is 1. The quantitative estimate of drug-likeness (QED) is 0.367. The first-order valence-electron chi connectivity index (χ1n) is 9.29. The molecule has 156 valence electrons. The number of nitrogens with two attached hydrogens (primary N) is 1. The number of carbonyl (C=O) groups is 3. The van der Waals surface area contributed by atoms with Gasteiger partial charge in [-0.15, -0.1) is 21.5 Å². The van der Waals surface area contributed by atoms with Crippen molar-refractivity contribution in [1.82, 2.24) is 14.8 Å². The fourth-order valence-electron chi connectivity index (χ4n) is 2.61. The summed E-state index contributed by atoms with van der Waals surface area (Å²) in [5.74, 6) is 0.247. The average molecular weight is 444 g/mol. The van der Waals surface area contributed by atoms with Crippen molar-refractivity contribution in [3.63, 3.8) is 0 Å². The van der Waals surface area contributed by atoms with Crippen molar-refractivity contribution in [2.75, 3.05) is 11.1 Å². The summed E-state index contributed by atoms with van der Waals surface area (Å²) in [5.41, 5.74) is 6.49. The molecule has 0 saturated carbocycles. The van der Waals surface area contributed by atoms with Crippen LogP contribution in [-0.4, -0.2) is 38.1 Å². The van der Waals surface area contributed by atoms with Gasteiger partial charge in [0.1, 0.15) is 0 Å². The second kappa shape index (κ2) is 10.2. The Kier molecular flexibility index (Phi) is 7.36. The number of primary amides is 1. The number of hydrogen-bond acceptors (Lipinski definition) is 7. The lowest BCUT2D eigenvalue weighted by molar-refractivity contribution is -0.118. The van der Waals surface area contributed by atoms with Crippen LogP contribution in [0.5, 0.6) is 0 Å². The lowest BCUT2D eigenvalue weighted by Crippen LogP contribution is -2.15. The van der Waals surface area contributed by atoms with Crippen molar-refractivity contribution in [2.24, 2.45) is 5.73 Å². The molecule has 3 rings (SSSR count). The number of nitrogens with zero attached hydrogens (tertiary/aromatic N) is 3. The second-order valence-corrected chi connectivity index (χ2v) is 8.23. The monoisotopic (exact) mass is 443 g/mol. The summed E-state index contributed by atoms with van der Waals surface area (Å²) in [6.07, 6.45) is 0.546. The minimum Gasteiger partial charge on any atom is -0.370 e. The SMILES string of the molecule is CCC(=O)Nc1ccc(C(=O)CSc2nnc(-c3cccs3)n2CCC(N)=O)cc1. The van der Waals surface area contributed by atoms with E-state index in [9.17, 15) is 14.4 Å². The van der Waals surface area contributed by atoms with E-state index in [1.807, 2.05) is 22.1 Å². The van der Waals surface area contributed by atoms with Gasteiger partial charge in [0.2, 0.25) is 11.8 Å². The number of thiophene rings is 1. The zero-order valence-corrected chi connectivity index (χ0v) is 18.0. The molecule has 0 spiro atoms. The van der Waals surface area contributed by atoms with Crippen LogP contribution in [0.1, 0.15) is 30.1 Å². The molecule has 0 radical (unpaired) electrons. The number of rotatable bonds is 10. The molecule has 0 saturated heterocycles. The van der Waals surface area contributed by atoms with E-state index in [2.05, 4.69) is 15.5 Å². The summed E-state index contributed by atoms with van der Waals surface area (Å²) in [4.78, 5) is 36.2. The number of nitrogens with one attached hydrogen (secondary N) is 1. The predicted octanol–water partition coefficient (Wildman–Crippen LogP) is 3.21. The van der Waals surface area contributed by atoms with E-state index in [0.717, 1.165) is 4.88 Å². The smallest absolute Gasteiger partial charge is 0.224 e. The number of amides is 2. The molecule has 0 bridgehead atoms. The first-order chi connectivity index (χ1) is 14.5. The molecule has 0 atom stereocenters. The maximum absolute atomic E-state index is 12.6. The summed E-state index contributed by atoms with van der Waals surface area (Å²) >= 11 is 2.78. The minimum absolute atomic E-state index is 0.0736. The van der Waals surface area contributed by atoms with E-state index >= 15 is 0 Å². The summed E-state index contributed by atoms with van der Waals surface area (Å²) in [5, 5.41) is 13.7. The summed E-state index contributed by atoms with van der Waals surface area (Å²) in [6.45, 7) is 2.12. The molecular formula is C20H21N5O3S2. The van der Waals surface area contributed by atoms with Crippen LogP contribution >= 0.6 is 23.1 Å².